The van der Waals surface area contributed by atoms with Gasteiger partial charge in [-0.2, -0.15) is 10.2 Å². The van der Waals surface area contributed by atoms with E-state index in [2.05, 4.69) is 11.1 Å². The smallest absolute Gasteiger partial charge is 0.277 e. The number of halogens is 1. The summed E-state index contributed by atoms with van der Waals surface area (Å²) in [5.74, 6) is -2.48. The first-order valence-electron chi connectivity index (χ1n) is 13.3. The molecule has 0 bridgehead atoms. The second-order valence-corrected chi connectivity index (χ2v) is 11.6. The summed E-state index contributed by atoms with van der Waals surface area (Å²) in [5, 5.41) is 20.2. The molecule has 11 heteroatoms. The number of aromatic nitrogens is 2. The summed E-state index contributed by atoms with van der Waals surface area (Å²) < 4.78 is 43.2. The Balaban J connectivity index is 1.88. The lowest BCUT2D eigenvalue weighted by molar-refractivity contribution is 0.0997. The van der Waals surface area contributed by atoms with E-state index in [4.69, 9.17) is 5.73 Å². The molecule has 0 fully saturated rings. The number of carbonyl (C=O) groups is 1. The van der Waals surface area contributed by atoms with E-state index in [0.717, 1.165) is 12.5 Å². The largest absolute Gasteiger partial charge is 0.492 e. The molecule has 1 amide bonds. The number of amides is 1. The van der Waals surface area contributed by atoms with Crippen molar-refractivity contribution in [3.8, 4) is 23.1 Å². The van der Waals surface area contributed by atoms with E-state index < -0.39 is 43.9 Å². The summed E-state index contributed by atoms with van der Waals surface area (Å²) in [5.41, 5.74) is 5.56. The number of nitriles is 1. The van der Waals surface area contributed by atoms with Crippen molar-refractivity contribution < 1.29 is 22.7 Å². The Bertz CT molecular complexity index is 1860. The van der Waals surface area contributed by atoms with E-state index in [1.807, 2.05) is 13.8 Å². The zero-order chi connectivity index (χ0) is 30.6. The van der Waals surface area contributed by atoms with Crippen molar-refractivity contribution >= 4 is 15.7 Å². The van der Waals surface area contributed by atoms with Gasteiger partial charge in [0.2, 0.25) is 15.7 Å². The van der Waals surface area contributed by atoms with Gasteiger partial charge in [0, 0.05) is 6.42 Å². The molecular weight excluding hydrogens is 559 g/mol. The third-order valence-corrected chi connectivity index (χ3v) is 8.77. The molecule has 3 aromatic carbocycles. The third-order valence-electron chi connectivity index (χ3n) is 6.99. The number of benzene rings is 3. The van der Waals surface area contributed by atoms with Crippen LogP contribution in [-0.2, 0) is 16.3 Å². The summed E-state index contributed by atoms with van der Waals surface area (Å²) in [4.78, 5) is 28.8. The molecule has 42 heavy (non-hydrogen) atoms. The first-order valence-corrected chi connectivity index (χ1v) is 14.8. The van der Waals surface area contributed by atoms with E-state index in [1.165, 1.54) is 41.0 Å². The van der Waals surface area contributed by atoms with Crippen LogP contribution in [0.25, 0.3) is 11.1 Å². The Morgan fingerprint density at radius 3 is 2.43 bits per heavy atom. The summed E-state index contributed by atoms with van der Waals surface area (Å²) in [6.45, 7) is 3.78. The van der Waals surface area contributed by atoms with Crippen molar-refractivity contribution in [2.45, 2.75) is 55.4 Å². The number of primary amides is 1. The SMILES string of the molecule is CCCCc1nc(O)c(S(=O)(=O)c2ccc(-c3cccc(F)c3C(N)=O)cc2)c(=O)n1[C@@H](CC)c1cccc(C#N)c1. The summed E-state index contributed by atoms with van der Waals surface area (Å²) in [7, 11) is -4.59. The highest BCUT2D eigenvalue weighted by atomic mass is 32.2. The lowest BCUT2D eigenvalue weighted by Gasteiger charge is -2.23. The van der Waals surface area contributed by atoms with Crippen LogP contribution >= 0.6 is 0 Å². The molecule has 0 saturated carbocycles. The number of rotatable bonds is 10. The van der Waals surface area contributed by atoms with Gasteiger partial charge in [-0.3, -0.25) is 14.2 Å². The topological polar surface area (TPSA) is 156 Å². The second kappa shape index (κ2) is 12.4. The maximum Gasteiger partial charge on any atom is 0.277 e. The highest BCUT2D eigenvalue weighted by Gasteiger charge is 2.31. The van der Waals surface area contributed by atoms with E-state index in [1.54, 1.807) is 24.3 Å². The standard InChI is InChI=1S/C31H29FN4O5S/c1-3-5-12-26-35-30(38)28(31(39)36(26)25(4-2)21-9-6-8-19(17-21)18-33)42(40,41)22-15-13-20(14-16-22)23-10-7-11-24(32)27(23)29(34)37/h6-11,13-17,25,38H,3-5,12H2,1-2H3,(H2,34,37)/t25-/m0/s1. The average Bonchev–Trinajstić information content (AvgIpc) is 2.97. The maximum atomic E-state index is 14.3. The number of carbonyl (C=O) groups excluding carboxylic acids is 1. The molecule has 9 nitrogen and oxygen atoms in total. The normalized spacial score (nSPS) is 12.0. The number of sulfone groups is 1. The fraction of sp³-hybridized carbons (Fsp3) is 0.226. The lowest BCUT2D eigenvalue weighted by atomic mass is 9.99. The highest BCUT2D eigenvalue weighted by Crippen LogP contribution is 2.31. The molecule has 4 aromatic rings. The van der Waals surface area contributed by atoms with Crippen molar-refractivity contribution in [3.63, 3.8) is 0 Å². The first-order chi connectivity index (χ1) is 20.0. The van der Waals surface area contributed by atoms with Crippen LogP contribution in [0.3, 0.4) is 0 Å². The zero-order valence-corrected chi connectivity index (χ0v) is 23.9. The van der Waals surface area contributed by atoms with Gasteiger partial charge in [0.05, 0.1) is 28.1 Å². The number of nitrogens with two attached hydrogens (primary N) is 1. The fourth-order valence-corrected chi connectivity index (χ4v) is 6.29. The molecule has 0 aliphatic carbocycles. The average molecular weight is 589 g/mol. The Labute approximate surface area is 242 Å². The van der Waals surface area contributed by atoms with Gasteiger partial charge in [0.25, 0.3) is 11.5 Å². The quantitative estimate of drug-likeness (QED) is 0.267. The molecular formula is C31H29FN4O5S. The molecule has 1 aromatic heterocycles. The van der Waals surface area contributed by atoms with Crippen molar-refractivity contribution in [2.75, 3.05) is 0 Å². The van der Waals surface area contributed by atoms with Gasteiger partial charge in [0.1, 0.15) is 11.6 Å². The van der Waals surface area contributed by atoms with E-state index >= 15 is 0 Å². The van der Waals surface area contributed by atoms with Crippen molar-refractivity contribution in [2.24, 2.45) is 5.73 Å². The minimum Gasteiger partial charge on any atom is -0.492 e. The number of nitrogens with zero attached hydrogens (tertiary/aromatic N) is 3. The van der Waals surface area contributed by atoms with Crippen molar-refractivity contribution in [1.82, 2.24) is 9.55 Å². The van der Waals surface area contributed by atoms with Gasteiger partial charge in [-0.25, -0.2) is 12.8 Å². The van der Waals surface area contributed by atoms with Gasteiger partial charge in [-0.05, 0) is 59.9 Å². The first kappa shape index (κ1) is 30.1. The Hall–Kier alpha value is -4.82. The van der Waals surface area contributed by atoms with Gasteiger partial charge >= 0.3 is 0 Å². The molecule has 3 N–H and O–H groups in total. The van der Waals surface area contributed by atoms with Crippen molar-refractivity contribution in [3.05, 3.63) is 105 Å². The Kier molecular flexibility index (Phi) is 8.87. The number of hydrogen-bond acceptors (Lipinski definition) is 7. The molecule has 0 unspecified atom stereocenters. The highest BCUT2D eigenvalue weighted by molar-refractivity contribution is 7.91. The number of aromatic hydroxyl groups is 1. The van der Waals surface area contributed by atoms with Crippen LogP contribution in [0.15, 0.2) is 81.3 Å². The van der Waals surface area contributed by atoms with Crippen LogP contribution in [0.2, 0.25) is 0 Å². The molecule has 1 heterocycles. The minimum atomic E-state index is -4.59. The molecule has 1 atom stereocenters. The third kappa shape index (κ3) is 5.66. The molecule has 0 aliphatic rings. The van der Waals surface area contributed by atoms with Crippen LogP contribution in [-0.4, -0.2) is 29.0 Å². The summed E-state index contributed by atoms with van der Waals surface area (Å²) in [6.07, 6.45) is 2.11. The maximum absolute atomic E-state index is 14.3. The predicted molar refractivity (Wildman–Crippen MR) is 154 cm³/mol. The molecule has 4 rings (SSSR count). The monoisotopic (exact) mass is 588 g/mol. The Morgan fingerprint density at radius 2 is 1.81 bits per heavy atom. The number of aryl methyl sites for hydroxylation is 1. The number of unbranched alkanes of at least 4 members (excludes halogenated alkanes) is 1. The summed E-state index contributed by atoms with van der Waals surface area (Å²) in [6, 6.07) is 17.2. The molecule has 0 radical (unpaired) electrons. The molecule has 0 spiro atoms. The minimum absolute atomic E-state index is 0.170. The zero-order valence-electron chi connectivity index (χ0n) is 23.0. The molecule has 0 aliphatic heterocycles. The van der Waals surface area contributed by atoms with Crippen LogP contribution in [0.4, 0.5) is 4.39 Å². The lowest BCUT2D eigenvalue weighted by Crippen LogP contribution is -2.33. The van der Waals surface area contributed by atoms with Gasteiger partial charge in [-0.15, -0.1) is 0 Å². The molecule has 216 valence electrons. The van der Waals surface area contributed by atoms with Gasteiger partial charge in [0.15, 0.2) is 4.90 Å². The van der Waals surface area contributed by atoms with Crippen molar-refractivity contribution in [1.29, 1.82) is 5.26 Å². The Morgan fingerprint density at radius 1 is 1.12 bits per heavy atom. The van der Waals surface area contributed by atoms with E-state index in [9.17, 15) is 32.8 Å². The van der Waals surface area contributed by atoms with Crippen LogP contribution in [0.5, 0.6) is 5.88 Å². The van der Waals surface area contributed by atoms with E-state index in [-0.39, 0.29) is 21.8 Å². The van der Waals surface area contributed by atoms with Crippen LogP contribution < -0.4 is 11.3 Å². The fourth-order valence-electron chi connectivity index (χ4n) is 4.95. The summed E-state index contributed by atoms with van der Waals surface area (Å²) >= 11 is 0. The second-order valence-electron chi connectivity index (χ2n) is 9.68. The van der Waals surface area contributed by atoms with Gasteiger partial charge < -0.3 is 10.8 Å². The predicted octanol–water partition coefficient (Wildman–Crippen LogP) is 4.90. The number of hydrogen-bond donors (Lipinski definition) is 2. The van der Waals surface area contributed by atoms with Gasteiger partial charge in [-0.1, -0.05) is 56.7 Å². The molecule has 0 saturated heterocycles. The van der Waals surface area contributed by atoms with Crippen LogP contribution in [0.1, 0.15) is 66.5 Å². The van der Waals surface area contributed by atoms with Crippen LogP contribution in [0, 0.1) is 17.1 Å². The van der Waals surface area contributed by atoms with E-state index in [0.29, 0.717) is 36.0 Å².